The Hall–Kier alpha value is -3.33. The van der Waals surface area contributed by atoms with Gasteiger partial charge in [0.15, 0.2) is 0 Å². The van der Waals surface area contributed by atoms with E-state index in [0.717, 1.165) is 0 Å². The van der Waals surface area contributed by atoms with Crippen molar-refractivity contribution in [3.8, 4) is 6.07 Å². The molecular formula is C17H13N3O3. The Morgan fingerprint density at radius 2 is 1.91 bits per heavy atom. The van der Waals surface area contributed by atoms with Gasteiger partial charge in [0.1, 0.15) is 6.07 Å². The van der Waals surface area contributed by atoms with E-state index in [1.165, 1.54) is 7.11 Å². The van der Waals surface area contributed by atoms with Gasteiger partial charge in [-0.05, 0) is 30.3 Å². The summed E-state index contributed by atoms with van der Waals surface area (Å²) in [6.45, 7) is 0. The molecule has 2 aromatic rings. The SMILES string of the molecule is COC(=O)c1ccc(N[C@]2(C#N)C(=O)Nc3ccccc32)cc1. The van der Waals surface area contributed by atoms with Gasteiger partial charge in [0, 0.05) is 16.9 Å². The van der Waals surface area contributed by atoms with Crippen molar-refractivity contribution in [2.75, 3.05) is 17.7 Å². The summed E-state index contributed by atoms with van der Waals surface area (Å²) in [5, 5.41) is 15.3. The summed E-state index contributed by atoms with van der Waals surface area (Å²) >= 11 is 0. The molecular weight excluding hydrogens is 294 g/mol. The summed E-state index contributed by atoms with van der Waals surface area (Å²) in [6, 6.07) is 15.5. The molecule has 0 saturated carbocycles. The lowest BCUT2D eigenvalue weighted by Gasteiger charge is -2.22. The number of nitriles is 1. The van der Waals surface area contributed by atoms with E-state index >= 15 is 0 Å². The molecule has 1 amide bonds. The van der Waals surface area contributed by atoms with Crippen LogP contribution in [0.25, 0.3) is 0 Å². The summed E-state index contributed by atoms with van der Waals surface area (Å²) < 4.78 is 4.64. The van der Waals surface area contributed by atoms with Gasteiger partial charge in [-0.1, -0.05) is 18.2 Å². The number of carbonyl (C=O) groups excluding carboxylic acids is 2. The number of hydrogen-bond acceptors (Lipinski definition) is 5. The standard InChI is InChI=1S/C17H13N3O3/c1-23-15(21)11-6-8-12(9-7-11)20-17(10-18)13-4-2-3-5-14(13)19-16(17)22/h2-9,20H,1H3,(H,19,22)/t17-/m0/s1. The monoisotopic (exact) mass is 307 g/mol. The van der Waals surface area contributed by atoms with E-state index in [-0.39, 0.29) is 0 Å². The quantitative estimate of drug-likeness (QED) is 0.849. The van der Waals surface area contributed by atoms with Crippen LogP contribution >= 0.6 is 0 Å². The lowest BCUT2D eigenvalue weighted by molar-refractivity contribution is -0.118. The highest BCUT2D eigenvalue weighted by molar-refractivity contribution is 6.09. The smallest absolute Gasteiger partial charge is 0.337 e. The van der Waals surface area contributed by atoms with Gasteiger partial charge in [-0.15, -0.1) is 0 Å². The number of nitrogens with one attached hydrogen (secondary N) is 2. The number of ether oxygens (including phenoxy) is 1. The van der Waals surface area contributed by atoms with E-state index in [9.17, 15) is 14.9 Å². The zero-order valence-corrected chi connectivity index (χ0v) is 12.3. The molecule has 0 spiro atoms. The van der Waals surface area contributed by atoms with Crippen LogP contribution in [0.2, 0.25) is 0 Å². The van der Waals surface area contributed by atoms with Crippen molar-refractivity contribution >= 4 is 23.3 Å². The first-order valence-electron chi connectivity index (χ1n) is 6.89. The summed E-state index contributed by atoms with van der Waals surface area (Å²) in [5.74, 6) is -0.881. The maximum absolute atomic E-state index is 12.3. The number of carbonyl (C=O) groups is 2. The molecule has 2 N–H and O–H groups in total. The molecule has 0 aliphatic carbocycles. The number of nitrogens with zero attached hydrogens (tertiary/aromatic N) is 1. The van der Waals surface area contributed by atoms with Crippen molar-refractivity contribution in [3.05, 3.63) is 59.7 Å². The van der Waals surface area contributed by atoms with Crippen molar-refractivity contribution in [2.24, 2.45) is 0 Å². The van der Waals surface area contributed by atoms with Gasteiger partial charge in [0.05, 0.1) is 12.7 Å². The normalized spacial score (nSPS) is 18.5. The average molecular weight is 307 g/mol. The first-order valence-corrected chi connectivity index (χ1v) is 6.89. The number of hydrogen-bond donors (Lipinski definition) is 2. The summed E-state index contributed by atoms with van der Waals surface area (Å²) in [6.07, 6.45) is 0. The lowest BCUT2D eigenvalue weighted by atomic mass is 9.92. The van der Waals surface area contributed by atoms with Crippen LogP contribution in [0.15, 0.2) is 48.5 Å². The lowest BCUT2D eigenvalue weighted by Crippen LogP contribution is -2.40. The zero-order chi connectivity index (χ0) is 16.4. The Labute approximate surface area is 132 Å². The largest absolute Gasteiger partial charge is 0.465 e. The molecule has 0 bridgehead atoms. The van der Waals surface area contributed by atoms with Crippen LogP contribution in [0.3, 0.4) is 0 Å². The fourth-order valence-electron chi connectivity index (χ4n) is 2.54. The molecule has 0 fully saturated rings. The topological polar surface area (TPSA) is 91.2 Å². The number of para-hydroxylation sites is 1. The van der Waals surface area contributed by atoms with Gasteiger partial charge in [-0.2, -0.15) is 5.26 Å². The Bertz CT molecular complexity index is 824. The summed E-state index contributed by atoms with van der Waals surface area (Å²) in [4.78, 5) is 23.8. The highest BCUT2D eigenvalue weighted by atomic mass is 16.5. The molecule has 0 radical (unpaired) electrons. The Balaban J connectivity index is 1.96. The van der Waals surface area contributed by atoms with Gasteiger partial charge < -0.3 is 15.4 Å². The molecule has 2 aromatic carbocycles. The van der Waals surface area contributed by atoms with Crippen molar-refractivity contribution in [3.63, 3.8) is 0 Å². The minimum atomic E-state index is -1.50. The first-order chi connectivity index (χ1) is 11.1. The Kier molecular flexibility index (Phi) is 3.47. The minimum absolute atomic E-state index is 0.389. The maximum Gasteiger partial charge on any atom is 0.337 e. The summed E-state index contributed by atoms with van der Waals surface area (Å²) in [5.41, 5.74) is 0.622. The maximum atomic E-state index is 12.3. The minimum Gasteiger partial charge on any atom is -0.465 e. The van der Waals surface area contributed by atoms with Gasteiger partial charge >= 0.3 is 5.97 Å². The van der Waals surface area contributed by atoms with Crippen molar-refractivity contribution in [1.29, 1.82) is 5.26 Å². The second kappa shape index (κ2) is 5.46. The first kappa shape index (κ1) is 14.6. The molecule has 1 heterocycles. The molecule has 114 valence electrons. The Morgan fingerprint density at radius 3 is 2.57 bits per heavy atom. The van der Waals surface area contributed by atoms with E-state index in [1.807, 2.05) is 0 Å². The molecule has 0 saturated heterocycles. The van der Waals surface area contributed by atoms with Crippen LogP contribution in [0.1, 0.15) is 15.9 Å². The highest BCUT2D eigenvalue weighted by Crippen LogP contribution is 2.37. The molecule has 6 heteroatoms. The van der Waals surface area contributed by atoms with E-state index in [0.29, 0.717) is 22.5 Å². The number of fused-ring (bicyclic) bond motifs is 1. The molecule has 23 heavy (non-hydrogen) atoms. The van der Waals surface area contributed by atoms with Crippen LogP contribution in [-0.2, 0) is 15.1 Å². The number of benzene rings is 2. The molecule has 1 atom stereocenters. The van der Waals surface area contributed by atoms with E-state index in [4.69, 9.17) is 0 Å². The van der Waals surface area contributed by atoms with Gasteiger partial charge in [-0.3, -0.25) is 4.79 Å². The summed E-state index contributed by atoms with van der Waals surface area (Å²) in [7, 11) is 1.30. The number of rotatable bonds is 3. The number of esters is 1. The van der Waals surface area contributed by atoms with Crippen LogP contribution in [0.4, 0.5) is 11.4 Å². The fourth-order valence-corrected chi connectivity index (χ4v) is 2.54. The molecule has 1 aliphatic heterocycles. The van der Waals surface area contributed by atoms with Crippen molar-refractivity contribution in [2.45, 2.75) is 5.54 Å². The highest BCUT2D eigenvalue weighted by Gasteiger charge is 2.47. The van der Waals surface area contributed by atoms with Crippen molar-refractivity contribution < 1.29 is 14.3 Å². The Morgan fingerprint density at radius 1 is 1.22 bits per heavy atom. The zero-order valence-electron chi connectivity index (χ0n) is 12.3. The van der Waals surface area contributed by atoms with Crippen LogP contribution in [0, 0.1) is 11.3 Å². The average Bonchev–Trinajstić information content (AvgIpc) is 2.87. The van der Waals surface area contributed by atoms with Crippen LogP contribution < -0.4 is 10.6 Å². The van der Waals surface area contributed by atoms with Gasteiger partial charge in [0.25, 0.3) is 5.91 Å². The second-order valence-corrected chi connectivity index (χ2v) is 5.06. The molecule has 0 aromatic heterocycles. The number of methoxy groups -OCH3 is 1. The third kappa shape index (κ3) is 2.28. The second-order valence-electron chi connectivity index (χ2n) is 5.06. The van der Waals surface area contributed by atoms with E-state index < -0.39 is 17.4 Å². The third-order valence-corrected chi connectivity index (χ3v) is 3.73. The van der Waals surface area contributed by atoms with Crippen LogP contribution in [-0.4, -0.2) is 19.0 Å². The van der Waals surface area contributed by atoms with Crippen LogP contribution in [0.5, 0.6) is 0 Å². The molecule has 0 unspecified atom stereocenters. The van der Waals surface area contributed by atoms with E-state index in [2.05, 4.69) is 21.4 Å². The fraction of sp³-hybridized carbons (Fsp3) is 0.118. The van der Waals surface area contributed by atoms with E-state index in [1.54, 1.807) is 48.5 Å². The molecule has 6 nitrogen and oxygen atoms in total. The predicted molar refractivity (Wildman–Crippen MR) is 83.8 cm³/mol. The third-order valence-electron chi connectivity index (χ3n) is 3.73. The predicted octanol–water partition coefficient (Wildman–Crippen LogP) is 2.26. The van der Waals surface area contributed by atoms with Crippen molar-refractivity contribution in [1.82, 2.24) is 0 Å². The van der Waals surface area contributed by atoms with Gasteiger partial charge in [0.2, 0.25) is 5.54 Å². The number of anilines is 2. The van der Waals surface area contributed by atoms with Gasteiger partial charge in [-0.25, -0.2) is 4.79 Å². The number of amides is 1. The molecule has 1 aliphatic rings. The molecule has 3 rings (SSSR count).